The van der Waals surface area contributed by atoms with Gasteiger partial charge >= 0.3 is 0 Å². The quantitative estimate of drug-likeness (QED) is 0.768. The third-order valence-electron chi connectivity index (χ3n) is 4.27. The smallest absolute Gasteiger partial charge is 0.0489 e. The van der Waals surface area contributed by atoms with Crippen molar-refractivity contribution in [2.75, 3.05) is 6.54 Å². The third-order valence-corrected chi connectivity index (χ3v) is 4.27. The maximum atomic E-state index is 4.21. The van der Waals surface area contributed by atoms with Gasteiger partial charge in [0.1, 0.15) is 0 Å². The van der Waals surface area contributed by atoms with Gasteiger partial charge in [-0.25, -0.2) is 0 Å². The average Bonchev–Trinajstić information content (AvgIpc) is 3.01. The Bertz CT molecular complexity index is 320. The highest BCUT2D eigenvalue weighted by molar-refractivity contribution is 4.93. The molecule has 2 saturated carbocycles. The maximum absolute atomic E-state index is 4.21. The first-order valence-electron chi connectivity index (χ1n) is 6.62. The molecule has 0 amide bonds. The van der Waals surface area contributed by atoms with Crippen molar-refractivity contribution in [3.63, 3.8) is 0 Å². The van der Waals surface area contributed by atoms with Crippen molar-refractivity contribution < 1.29 is 0 Å². The van der Waals surface area contributed by atoms with Crippen LogP contribution in [0.5, 0.6) is 0 Å². The van der Waals surface area contributed by atoms with E-state index in [0.29, 0.717) is 0 Å². The van der Waals surface area contributed by atoms with Gasteiger partial charge in [-0.15, -0.1) is 0 Å². The van der Waals surface area contributed by atoms with E-state index < -0.39 is 0 Å². The summed E-state index contributed by atoms with van der Waals surface area (Å²) < 4.78 is 2.02. The second kappa shape index (κ2) is 4.58. The van der Waals surface area contributed by atoms with Crippen LogP contribution in [-0.2, 0) is 6.54 Å². The number of hydrogen-bond donors (Lipinski definition) is 1. The molecule has 1 N–H and O–H groups in total. The summed E-state index contributed by atoms with van der Waals surface area (Å²) in [5, 5.41) is 7.95. The topological polar surface area (TPSA) is 29.9 Å². The van der Waals surface area contributed by atoms with Gasteiger partial charge in [0.25, 0.3) is 0 Å². The van der Waals surface area contributed by atoms with Gasteiger partial charge in [-0.2, -0.15) is 5.10 Å². The molecule has 2 fully saturated rings. The predicted octanol–water partition coefficient (Wildman–Crippen LogP) is 2.05. The van der Waals surface area contributed by atoms with Gasteiger partial charge in [-0.05, 0) is 50.1 Å². The van der Waals surface area contributed by atoms with Crippen molar-refractivity contribution in [1.82, 2.24) is 15.1 Å². The van der Waals surface area contributed by atoms with Crippen LogP contribution in [0.4, 0.5) is 0 Å². The Hall–Kier alpha value is -0.830. The van der Waals surface area contributed by atoms with Gasteiger partial charge in [0.05, 0.1) is 0 Å². The van der Waals surface area contributed by atoms with Gasteiger partial charge in [0.15, 0.2) is 0 Å². The number of aryl methyl sites for hydroxylation is 1. The summed E-state index contributed by atoms with van der Waals surface area (Å²) in [7, 11) is 0. The number of aromatic nitrogens is 2. The van der Waals surface area contributed by atoms with E-state index in [1.807, 2.05) is 23.1 Å². The first-order chi connectivity index (χ1) is 7.92. The molecule has 3 nitrogen and oxygen atoms in total. The lowest BCUT2D eigenvalue weighted by Crippen LogP contribution is -2.34. The summed E-state index contributed by atoms with van der Waals surface area (Å²) >= 11 is 0. The molecule has 3 rings (SSSR count). The number of hydrogen-bond acceptors (Lipinski definition) is 2. The van der Waals surface area contributed by atoms with Crippen LogP contribution in [0.3, 0.4) is 0 Å². The molecule has 3 heteroatoms. The predicted molar refractivity (Wildman–Crippen MR) is 64.1 cm³/mol. The minimum atomic E-state index is 0.830. The SMILES string of the molecule is c1cnn(CCCNC2CC3CCC2C3)c1. The van der Waals surface area contributed by atoms with Crippen LogP contribution < -0.4 is 5.32 Å². The van der Waals surface area contributed by atoms with Crippen molar-refractivity contribution >= 4 is 0 Å². The molecule has 0 saturated heterocycles. The van der Waals surface area contributed by atoms with Gasteiger partial charge in [-0.3, -0.25) is 4.68 Å². The number of nitrogens with zero attached hydrogens (tertiary/aromatic N) is 2. The Morgan fingerprint density at radius 3 is 3.00 bits per heavy atom. The lowest BCUT2D eigenvalue weighted by atomic mass is 9.95. The lowest BCUT2D eigenvalue weighted by Gasteiger charge is -2.22. The van der Waals surface area contributed by atoms with E-state index in [4.69, 9.17) is 0 Å². The van der Waals surface area contributed by atoms with Crippen molar-refractivity contribution in [3.05, 3.63) is 18.5 Å². The van der Waals surface area contributed by atoms with Crippen LogP contribution >= 0.6 is 0 Å². The Balaban J connectivity index is 1.35. The van der Waals surface area contributed by atoms with Crippen LogP contribution in [0, 0.1) is 11.8 Å². The highest BCUT2D eigenvalue weighted by atomic mass is 15.3. The standard InChI is InChI=1S/C13H21N3/c1(7-16-8-2-6-15-16)5-14-13-10-11-3-4-12(13)9-11/h2,6,8,11-14H,1,3-5,7,9-10H2. The summed E-state index contributed by atoms with van der Waals surface area (Å²) in [5.41, 5.74) is 0. The van der Waals surface area contributed by atoms with Gasteiger partial charge in [0, 0.05) is 25.0 Å². The minimum Gasteiger partial charge on any atom is -0.314 e. The van der Waals surface area contributed by atoms with Gasteiger partial charge in [0.2, 0.25) is 0 Å². The molecule has 0 aliphatic heterocycles. The minimum absolute atomic E-state index is 0.830. The summed E-state index contributed by atoms with van der Waals surface area (Å²) in [5.74, 6) is 2.04. The third kappa shape index (κ3) is 2.14. The first-order valence-corrected chi connectivity index (χ1v) is 6.62. The van der Waals surface area contributed by atoms with E-state index in [1.54, 1.807) is 0 Å². The molecule has 0 radical (unpaired) electrons. The monoisotopic (exact) mass is 219 g/mol. The normalized spacial score (nSPS) is 32.4. The Morgan fingerprint density at radius 2 is 2.31 bits per heavy atom. The molecule has 0 spiro atoms. The van der Waals surface area contributed by atoms with E-state index in [1.165, 1.54) is 32.1 Å². The van der Waals surface area contributed by atoms with Crippen LogP contribution in [0.2, 0.25) is 0 Å². The largest absolute Gasteiger partial charge is 0.314 e. The fraction of sp³-hybridized carbons (Fsp3) is 0.769. The van der Waals surface area contributed by atoms with E-state index in [0.717, 1.165) is 31.0 Å². The van der Waals surface area contributed by atoms with Crippen LogP contribution in [0.1, 0.15) is 32.1 Å². The number of fused-ring (bicyclic) bond motifs is 2. The van der Waals surface area contributed by atoms with E-state index in [-0.39, 0.29) is 0 Å². The summed E-state index contributed by atoms with van der Waals surface area (Å²) in [6.07, 6.45) is 11.0. The van der Waals surface area contributed by atoms with Gasteiger partial charge in [-0.1, -0.05) is 6.42 Å². The molecule has 1 heterocycles. The van der Waals surface area contributed by atoms with Crippen molar-refractivity contribution in [3.8, 4) is 0 Å². The summed E-state index contributed by atoms with van der Waals surface area (Å²) in [6.45, 7) is 2.19. The Kier molecular flexibility index (Phi) is 2.96. The first kappa shape index (κ1) is 10.3. The fourth-order valence-corrected chi connectivity index (χ4v) is 3.46. The molecule has 3 unspecified atom stereocenters. The second-order valence-corrected chi connectivity index (χ2v) is 5.36. The molecule has 2 aliphatic carbocycles. The van der Waals surface area contributed by atoms with Crippen LogP contribution in [0.15, 0.2) is 18.5 Å². The van der Waals surface area contributed by atoms with Crippen molar-refractivity contribution in [2.45, 2.75) is 44.7 Å². The molecule has 0 aromatic carbocycles. The van der Waals surface area contributed by atoms with Crippen molar-refractivity contribution in [1.29, 1.82) is 0 Å². The van der Waals surface area contributed by atoms with Crippen LogP contribution in [-0.4, -0.2) is 22.4 Å². The molecule has 3 atom stereocenters. The average molecular weight is 219 g/mol. The van der Waals surface area contributed by atoms with Crippen LogP contribution in [0.25, 0.3) is 0 Å². The Morgan fingerprint density at radius 1 is 1.31 bits per heavy atom. The second-order valence-electron chi connectivity index (χ2n) is 5.36. The number of nitrogens with one attached hydrogen (secondary N) is 1. The summed E-state index contributed by atoms with van der Waals surface area (Å²) in [6, 6.07) is 2.82. The molecule has 1 aromatic rings. The molecule has 2 bridgehead atoms. The highest BCUT2D eigenvalue weighted by Crippen LogP contribution is 2.44. The lowest BCUT2D eigenvalue weighted by molar-refractivity contribution is 0.347. The zero-order valence-corrected chi connectivity index (χ0v) is 9.81. The maximum Gasteiger partial charge on any atom is 0.0489 e. The van der Waals surface area contributed by atoms with Gasteiger partial charge < -0.3 is 5.32 Å². The molecule has 1 aromatic heterocycles. The van der Waals surface area contributed by atoms with E-state index >= 15 is 0 Å². The fourth-order valence-electron chi connectivity index (χ4n) is 3.46. The zero-order chi connectivity index (χ0) is 10.8. The van der Waals surface area contributed by atoms with Crippen molar-refractivity contribution in [2.24, 2.45) is 11.8 Å². The number of rotatable bonds is 5. The molecule has 16 heavy (non-hydrogen) atoms. The van der Waals surface area contributed by atoms with E-state index in [2.05, 4.69) is 10.4 Å². The molecule has 2 aliphatic rings. The Labute approximate surface area is 97.2 Å². The molecular weight excluding hydrogens is 198 g/mol. The summed E-state index contributed by atoms with van der Waals surface area (Å²) in [4.78, 5) is 0. The molecule has 88 valence electrons. The molecular formula is C13H21N3. The zero-order valence-electron chi connectivity index (χ0n) is 9.81. The highest BCUT2D eigenvalue weighted by Gasteiger charge is 2.38. The van der Waals surface area contributed by atoms with E-state index in [9.17, 15) is 0 Å².